The lowest BCUT2D eigenvalue weighted by atomic mass is 10.1. The van der Waals surface area contributed by atoms with Gasteiger partial charge < -0.3 is 9.47 Å². The van der Waals surface area contributed by atoms with E-state index in [-0.39, 0.29) is 31.1 Å². The molecule has 0 atom stereocenters. The zero-order valence-corrected chi connectivity index (χ0v) is 18.2. The number of aliphatic imine (C=N–C) groups is 1. The number of carbonyl (C=O) groups excluding carboxylic acids is 2. The van der Waals surface area contributed by atoms with Crippen molar-refractivity contribution in [3.63, 3.8) is 0 Å². The number of hydrogen-bond donors (Lipinski definition) is 0. The third-order valence-corrected chi connectivity index (χ3v) is 5.12. The van der Waals surface area contributed by atoms with E-state index in [2.05, 4.69) is 4.99 Å². The summed E-state index contributed by atoms with van der Waals surface area (Å²) in [6.07, 6.45) is 0.203. The fourth-order valence-electron chi connectivity index (χ4n) is 3.47. The second kappa shape index (κ2) is 10.1. The first-order valence-electron chi connectivity index (χ1n) is 10.6. The van der Waals surface area contributed by atoms with Crippen LogP contribution in [0.25, 0.3) is 0 Å². The first-order valence-corrected chi connectivity index (χ1v) is 10.6. The predicted molar refractivity (Wildman–Crippen MR) is 122 cm³/mol. The highest BCUT2D eigenvalue weighted by Gasteiger charge is 2.33. The van der Waals surface area contributed by atoms with Gasteiger partial charge in [0.25, 0.3) is 5.91 Å². The molecule has 1 aliphatic rings. The molecular weight excluding hydrogens is 423 g/mol. The van der Waals surface area contributed by atoms with Gasteiger partial charge >= 0.3 is 6.03 Å². The van der Waals surface area contributed by atoms with Crippen molar-refractivity contribution in [2.24, 2.45) is 4.99 Å². The number of benzene rings is 3. The Bertz CT molecular complexity index is 1180. The molecule has 0 saturated carbocycles. The molecule has 168 valence electrons. The highest BCUT2D eigenvalue weighted by atomic mass is 19.1. The van der Waals surface area contributed by atoms with Gasteiger partial charge in [-0.25, -0.2) is 9.18 Å². The lowest BCUT2D eigenvalue weighted by molar-refractivity contribution is -0.121. The molecule has 1 aliphatic heterocycles. The fourth-order valence-corrected chi connectivity index (χ4v) is 3.47. The molecule has 0 spiro atoms. The van der Waals surface area contributed by atoms with E-state index < -0.39 is 11.9 Å². The van der Waals surface area contributed by atoms with Crippen molar-refractivity contribution < 1.29 is 23.5 Å². The minimum absolute atomic E-state index is 0.186. The Morgan fingerprint density at radius 2 is 1.58 bits per heavy atom. The van der Waals surface area contributed by atoms with Crippen LogP contribution in [0.3, 0.4) is 0 Å². The van der Waals surface area contributed by atoms with Gasteiger partial charge in [0.05, 0.1) is 13.2 Å². The van der Waals surface area contributed by atoms with E-state index in [1.54, 1.807) is 24.3 Å². The molecule has 0 aliphatic carbocycles. The summed E-state index contributed by atoms with van der Waals surface area (Å²) in [5.41, 5.74) is 2.65. The van der Waals surface area contributed by atoms with E-state index in [1.165, 1.54) is 12.1 Å². The van der Waals surface area contributed by atoms with Crippen LogP contribution in [-0.4, -0.2) is 29.2 Å². The van der Waals surface area contributed by atoms with Gasteiger partial charge in [-0.2, -0.15) is 4.99 Å². The number of urea groups is 1. The number of rotatable bonds is 9. The van der Waals surface area contributed by atoms with Crippen LogP contribution in [-0.2, 0) is 24.4 Å². The number of amides is 3. The second-order valence-corrected chi connectivity index (χ2v) is 7.52. The van der Waals surface area contributed by atoms with Crippen molar-refractivity contribution >= 4 is 17.6 Å². The predicted octanol–water partition coefficient (Wildman–Crippen LogP) is 4.95. The summed E-state index contributed by atoms with van der Waals surface area (Å²) in [5, 5.41) is 0. The number of halogens is 1. The zero-order valence-electron chi connectivity index (χ0n) is 18.2. The summed E-state index contributed by atoms with van der Waals surface area (Å²) < 4.78 is 24.7. The summed E-state index contributed by atoms with van der Waals surface area (Å²) in [6, 6.07) is 20.2. The van der Waals surface area contributed by atoms with Crippen molar-refractivity contribution in [3.05, 3.63) is 95.3 Å². The number of imide groups is 1. The lowest BCUT2D eigenvalue weighted by Crippen LogP contribution is -2.32. The van der Waals surface area contributed by atoms with E-state index in [0.29, 0.717) is 18.1 Å². The molecule has 6 nitrogen and oxygen atoms in total. The Morgan fingerprint density at radius 1 is 0.848 bits per heavy atom. The van der Waals surface area contributed by atoms with Crippen LogP contribution in [0, 0.1) is 5.82 Å². The Hall–Kier alpha value is -4.00. The topological polar surface area (TPSA) is 68.2 Å². The molecule has 3 amide bonds. The van der Waals surface area contributed by atoms with E-state index >= 15 is 0 Å². The number of nitrogens with zero attached hydrogens (tertiary/aromatic N) is 2. The largest absolute Gasteiger partial charge is 0.490 e. The van der Waals surface area contributed by atoms with Gasteiger partial charge in [-0.15, -0.1) is 0 Å². The second-order valence-electron chi connectivity index (χ2n) is 7.52. The van der Waals surface area contributed by atoms with Crippen LogP contribution >= 0.6 is 0 Å². The molecule has 7 heteroatoms. The van der Waals surface area contributed by atoms with Crippen LogP contribution < -0.4 is 9.47 Å². The SMILES string of the molecule is CCOc1cc(CC2=NC(=O)N(Cc3ccccc3)C2=O)ccc1OCc1ccc(F)cc1. The number of ether oxygens (including phenoxy) is 2. The fraction of sp³-hybridized carbons (Fsp3) is 0.192. The summed E-state index contributed by atoms with van der Waals surface area (Å²) in [7, 11) is 0. The molecule has 0 bridgehead atoms. The molecule has 1 heterocycles. The van der Waals surface area contributed by atoms with Gasteiger partial charge in [0, 0.05) is 6.42 Å². The highest BCUT2D eigenvalue weighted by Crippen LogP contribution is 2.30. The average Bonchev–Trinajstić information content (AvgIpc) is 3.08. The summed E-state index contributed by atoms with van der Waals surface area (Å²) >= 11 is 0. The van der Waals surface area contributed by atoms with Crippen molar-refractivity contribution in [1.29, 1.82) is 0 Å². The molecule has 0 unspecified atom stereocenters. The minimum Gasteiger partial charge on any atom is -0.490 e. The van der Waals surface area contributed by atoms with Crippen molar-refractivity contribution in [3.8, 4) is 11.5 Å². The molecule has 0 aromatic heterocycles. The summed E-state index contributed by atoms with van der Waals surface area (Å²) in [5.74, 6) is 0.365. The average molecular weight is 446 g/mol. The van der Waals surface area contributed by atoms with E-state index in [4.69, 9.17) is 9.47 Å². The lowest BCUT2D eigenvalue weighted by Gasteiger charge is -2.14. The van der Waals surface area contributed by atoms with E-state index in [1.807, 2.05) is 43.3 Å². The molecular formula is C26H23FN2O4. The first kappa shape index (κ1) is 22.2. The monoisotopic (exact) mass is 446 g/mol. The molecule has 0 radical (unpaired) electrons. The van der Waals surface area contributed by atoms with E-state index in [0.717, 1.165) is 21.6 Å². The molecule has 0 N–H and O–H groups in total. The standard InChI is InChI=1S/C26H23FN2O4/c1-2-32-24-15-20(10-13-23(24)33-17-19-8-11-21(27)12-9-19)14-22-25(30)29(26(31)28-22)16-18-6-4-3-5-7-18/h3-13,15H,2,14,16-17H2,1H3. The zero-order chi connectivity index (χ0) is 23.2. The van der Waals surface area contributed by atoms with Crippen LogP contribution in [0.15, 0.2) is 77.8 Å². The normalized spacial score (nSPS) is 13.3. The Balaban J connectivity index is 1.45. The first-order chi connectivity index (χ1) is 16.0. The quantitative estimate of drug-likeness (QED) is 0.466. The minimum atomic E-state index is -0.553. The molecule has 4 rings (SSSR count). The number of carbonyl (C=O) groups is 2. The van der Waals surface area contributed by atoms with Gasteiger partial charge in [-0.3, -0.25) is 9.69 Å². The van der Waals surface area contributed by atoms with Crippen molar-refractivity contribution in [2.75, 3.05) is 6.61 Å². The maximum atomic E-state index is 13.1. The van der Waals surface area contributed by atoms with Gasteiger partial charge in [0.1, 0.15) is 18.1 Å². The van der Waals surface area contributed by atoms with Gasteiger partial charge in [0.2, 0.25) is 0 Å². The van der Waals surface area contributed by atoms with Crippen molar-refractivity contribution in [2.45, 2.75) is 26.5 Å². The number of hydrogen-bond acceptors (Lipinski definition) is 4. The van der Waals surface area contributed by atoms with Crippen LogP contribution in [0.4, 0.5) is 9.18 Å². The summed E-state index contributed by atoms with van der Waals surface area (Å²) in [6.45, 7) is 2.74. The van der Waals surface area contributed by atoms with Crippen LogP contribution in [0.5, 0.6) is 11.5 Å². The maximum Gasteiger partial charge on any atom is 0.351 e. The highest BCUT2D eigenvalue weighted by molar-refractivity contribution is 6.46. The molecule has 0 fully saturated rings. The van der Waals surface area contributed by atoms with Gasteiger partial charge in [-0.05, 0) is 47.9 Å². The smallest absolute Gasteiger partial charge is 0.351 e. The van der Waals surface area contributed by atoms with Crippen molar-refractivity contribution in [1.82, 2.24) is 4.90 Å². The van der Waals surface area contributed by atoms with Crippen LogP contribution in [0.1, 0.15) is 23.6 Å². The Kier molecular flexibility index (Phi) is 6.78. The maximum absolute atomic E-state index is 13.1. The Labute approximate surface area is 191 Å². The van der Waals surface area contributed by atoms with Crippen LogP contribution in [0.2, 0.25) is 0 Å². The third kappa shape index (κ3) is 5.44. The molecule has 3 aromatic carbocycles. The third-order valence-electron chi connectivity index (χ3n) is 5.12. The van der Waals surface area contributed by atoms with Gasteiger partial charge in [0.15, 0.2) is 11.5 Å². The molecule has 33 heavy (non-hydrogen) atoms. The Morgan fingerprint density at radius 3 is 2.30 bits per heavy atom. The molecule has 3 aromatic rings. The van der Waals surface area contributed by atoms with E-state index in [9.17, 15) is 14.0 Å². The van der Waals surface area contributed by atoms with Gasteiger partial charge in [-0.1, -0.05) is 48.5 Å². The molecule has 0 saturated heterocycles. The summed E-state index contributed by atoms with van der Waals surface area (Å²) in [4.78, 5) is 30.2.